The van der Waals surface area contributed by atoms with E-state index < -0.39 is 16.4 Å². The van der Waals surface area contributed by atoms with Gasteiger partial charge in [0, 0.05) is 0 Å². The van der Waals surface area contributed by atoms with Gasteiger partial charge in [0.25, 0.3) is 0 Å². The normalized spacial score (nSPS) is 13.7. The van der Waals surface area contributed by atoms with Crippen LogP contribution in [0.2, 0.25) is 10.5 Å². The van der Waals surface area contributed by atoms with Crippen molar-refractivity contribution in [2.24, 2.45) is 0 Å². The SMILES string of the molecule is Cl.Cl.Cl.[BH2][Ti]([CH3])([CH3])[C]1=CC=CC1. The van der Waals surface area contributed by atoms with E-state index in [2.05, 4.69) is 34.7 Å². The van der Waals surface area contributed by atoms with Gasteiger partial charge in [-0.05, 0) is 0 Å². The molecule has 0 heterocycles. The van der Waals surface area contributed by atoms with Gasteiger partial charge in [-0.1, -0.05) is 0 Å². The Morgan fingerprint density at radius 3 is 1.92 bits per heavy atom. The number of rotatable bonds is 1. The Bertz CT molecular complexity index is 172. The fourth-order valence-electron chi connectivity index (χ4n) is 1.00. The third-order valence-corrected chi connectivity index (χ3v) is 5.32. The van der Waals surface area contributed by atoms with E-state index in [1.165, 1.54) is 6.42 Å². The van der Waals surface area contributed by atoms with Crippen LogP contribution in [0.15, 0.2) is 22.1 Å². The first-order valence-corrected chi connectivity index (χ1v) is 8.93. The van der Waals surface area contributed by atoms with E-state index in [0.717, 1.165) is 0 Å². The van der Waals surface area contributed by atoms with Crippen LogP contribution in [0, 0.1) is 0 Å². The van der Waals surface area contributed by atoms with E-state index in [9.17, 15) is 0 Å². The van der Waals surface area contributed by atoms with Gasteiger partial charge >= 0.3 is 61.4 Å². The second-order valence-electron chi connectivity index (χ2n) is 3.57. The molecule has 0 bridgehead atoms. The molecular formula is C7H16BCl3Ti. The van der Waals surface area contributed by atoms with Crippen molar-refractivity contribution in [2.75, 3.05) is 0 Å². The molecular weight excluding hydrogens is 249 g/mol. The molecule has 0 unspecified atom stereocenters. The first-order chi connectivity index (χ1) is 4.11. The van der Waals surface area contributed by atoms with Gasteiger partial charge in [-0.3, -0.25) is 0 Å². The maximum absolute atomic E-state index is 2.44. The minimum atomic E-state index is -1.38. The van der Waals surface area contributed by atoms with Gasteiger partial charge < -0.3 is 0 Å². The van der Waals surface area contributed by atoms with Crippen LogP contribution in [0.3, 0.4) is 0 Å². The zero-order valence-electron chi connectivity index (χ0n) is 7.66. The molecule has 0 amide bonds. The summed E-state index contributed by atoms with van der Waals surface area (Å²) in [5.41, 5.74) is 0. The summed E-state index contributed by atoms with van der Waals surface area (Å²) < 4.78 is 1.73. The van der Waals surface area contributed by atoms with Crippen LogP contribution >= 0.6 is 37.2 Å². The fraction of sp³-hybridized carbons (Fsp3) is 0.429. The third kappa shape index (κ3) is 5.72. The zero-order chi connectivity index (χ0) is 6.91. The van der Waals surface area contributed by atoms with Gasteiger partial charge in [0.2, 0.25) is 0 Å². The predicted molar refractivity (Wildman–Crippen MR) is 63.9 cm³/mol. The molecule has 1 aliphatic rings. The quantitative estimate of drug-likeness (QED) is 0.639. The summed E-state index contributed by atoms with van der Waals surface area (Å²) in [7, 11) is 0. The van der Waals surface area contributed by atoms with Crippen LogP contribution in [0.25, 0.3) is 0 Å². The van der Waals surface area contributed by atoms with Crippen molar-refractivity contribution in [3.63, 3.8) is 0 Å². The Balaban J connectivity index is -0.000000270. The summed E-state index contributed by atoms with van der Waals surface area (Å²) in [6.07, 6.45) is 7.99. The Morgan fingerprint density at radius 1 is 1.25 bits per heavy atom. The van der Waals surface area contributed by atoms with Crippen LogP contribution in [-0.4, -0.2) is 6.02 Å². The molecule has 0 aromatic rings. The van der Waals surface area contributed by atoms with Crippen molar-refractivity contribution in [3.05, 3.63) is 22.1 Å². The van der Waals surface area contributed by atoms with Crippen LogP contribution in [0.5, 0.6) is 0 Å². The fourth-order valence-corrected chi connectivity index (χ4v) is 3.07. The average Bonchev–Trinajstić information content (AvgIpc) is 2.08. The van der Waals surface area contributed by atoms with Crippen LogP contribution < -0.4 is 0 Å². The molecule has 5 heteroatoms. The molecule has 0 aromatic carbocycles. The Hall–Kier alpha value is 1.13. The number of halogens is 3. The van der Waals surface area contributed by atoms with E-state index in [1.807, 2.05) is 0 Å². The van der Waals surface area contributed by atoms with E-state index in [0.29, 0.717) is 0 Å². The summed E-state index contributed by atoms with van der Waals surface area (Å²) >= 11 is -1.38. The molecule has 0 radical (unpaired) electrons. The first-order valence-electron chi connectivity index (χ1n) is 3.47. The Kier molecular flexibility index (Phi) is 11.8. The van der Waals surface area contributed by atoms with Gasteiger partial charge in [-0.2, -0.15) is 0 Å². The predicted octanol–water partition coefficient (Wildman–Crippen LogP) is 2.89. The molecule has 0 N–H and O–H groups in total. The Labute approximate surface area is 98.0 Å². The number of allylic oxidation sites excluding steroid dienone is 4. The third-order valence-electron chi connectivity index (χ3n) is 1.73. The average molecular weight is 265 g/mol. The standard InChI is InChI=1S/C5H5.2CH3.BH2.3ClH.Ti/c1-2-4-5-3-1;;;;;;;/h1-3H,4H2;2*1H3;1H2;3*1H;/q;;;+1;;;;-1. The molecule has 0 nitrogen and oxygen atoms in total. The number of hydrogen-bond donors (Lipinski definition) is 0. The Morgan fingerprint density at radius 2 is 1.75 bits per heavy atom. The van der Waals surface area contributed by atoms with Crippen LogP contribution in [0.1, 0.15) is 6.42 Å². The summed E-state index contributed by atoms with van der Waals surface area (Å²) in [5.74, 6) is 0. The van der Waals surface area contributed by atoms with Crippen molar-refractivity contribution in [2.45, 2.75) is 16.9 Å². The maximum atomic E-state index is 2.44. The van der Waals surface area contributed by atoms with Gasteiger partial charge in [-0.25, -0.2) is 0 Å². The molecule has 0 spiro atoms. The molecule has 0 aliphatic heterocycles. The molecule has 1 rings (SSSR count). The van der Waals surface area contributed by atoms with Crippen molar-refractivity contribution in [1.82, 2.24) is 0 Å². The molecule has 0 atom stereocenters. The van der Waals surface area contributed by atoms with Gasteiger partial charge in [0.15, 0.2) is 0 Å². The second kappa shape index (κ2) is 7.53. The summed E-state index contributed by atoms with van der Waals surface area (Å²) in [5, 5.41) is 4.89. The van der Waals surface area contributed by atoms with Crippen molar-refractivity contribution < 1.29 is 16.4 Å². The monoisotopic (exact) mass is 264 g/mol. The second-order valence-corrected chi connectivity index (χ2v) is 11.6. The van der Waals surface area contributed by atoms with Gasteiger partial charge in [-0.15, -0.1) is 37.2 Å². The summed E-state index contributed by atoms with van der Waals surface area (Å²) in [6.45, 7) is 0. The topological polar surface area (TPSA) is 0 Å². The first kappa shape index (κ1) is 18.8. The number of hydrogen-bond acceptors (Lipinski definition) is 0. The van der Waals surface area contributed by atoms with Gasteiger partial charge in [0.05, 0.1) is 0 Å². The van der Waals surface area contributed by atoms with Crippen molar-refractivity contribution >= 4 is 43.2 Å². The van der Waals surface area contributed by atoms with E-state index in [1.54, 1.807) is 3.88 Å². The molecule has 12 heavy (non-hydrogen) atoms. The summed E-state index contributed by atoms with van der Waals surface area (Å²) in [4.78, 5) is 0. The van der Waals surface area contributed by atoms with Crippen molar-refractivity contribution in [3.8, 4) is 0 Å². The van der Waals surface area contributed by atoms with E-state index in [-0.39, 0.29) is 37.2 Å². The van der Waals surface area contributed by atoms with Crippen molar-refractivity contribution in [1.29, 1.82) is 0 Å². The van der Waals surface area contributed by atoms with E-state index >= 15 is 0 Å². The summed E-state index contributed by atoms with van der Waals surface area (Å²) in [6, 6.07) is 2.44. The van der Waals surface area contributed by atoms with Crippen LogP contribution in [-0.2, 0) is 16.4 Å². The molecule has 0 aromatic heterocycles. The van der Waals surface area contributed by atoms with E-state index in [4.69, 9.17) is 0 Å². The molecule has 0 fully saturated rings. The molecule has 1 aliphatic carbocycles. The molecule has 0 saturated carbocycles. The van der Waals surface area contributed by atoms with Crippen LogP contribution in [0.4, 0.5) is 0 Å². The van der Waals surface area contributed by atoms with Gasteiger partial charge in [0.1, 0.15) is 0 Å². The molecule has 72 valence electrons. The zero-order valence-corrected chi connectivity index (χ0v) is 11.7. The molecule has 0 saturated heterocycles. The minimum absolute atomic E-state index is 0.